The number of fused-ring (bicyclic) bond motifs is 1. The molecule has 1 aliphatic heterocycles. The van der Waals surface area contributed by atoms with Gasteiger partial charge in [-0.3, -0.25) is 13.7 Å². The first-order valence-electron chi connectivity index (χ1n) is 12.2. The fraction of sp³-hybridized carbons (Fsp3) is 0.240. The molecule has 0 spiro atoms. The van der Waals surface area contributed by atoms with E-state index in [1.165, 1.54) is 34.8 Å². The minimum atomic E-state index is -4.32. The van der Waals surface area contributed by atoms with Crippen LogP contribution in [0, 0.1) is 0 Å². The van der Waals surface area contributed by atoms with Crippen molar-refractivity contribution >= 4 is 71.6 Å². The third-order valence-electron chi connectivity index (χ3n) is 6.57. The Kier molecular flexibility index (Phi) is 7.87. The van der Waals surface area contributed by atoms with Crippen LogP contribution in [0.1, 0.15) is 0 Å². The number of aromatic nitrogens is 3. The maximum Gasteiger partial charge on any atom is 0.324 e. The molecule has 0 unspecified atom stereocenters. The van der Waals surface area contributed by atoms with E-state index in [1.54, 1.807) is 41.4 Å². The van der Waals surface area contributed by atoms with E-state index in [0.717, 1.165) is 4.31 Å². The SMILES string of the molecule is CS(=O)(=O)N1CCN(c2cnc(-n3ccc4cc(N(CC(=O)O)S(=O)(=O)c5cc(Cl)cc(Cl)c5)ccc43)cn2)CC1. The van der Waals surface area contributed by atoms with E-state index in [2.05, 4.69) is 9.97 Å². The van der Waals surface area contributed by atoms with E-state index in [4.69, 9.17) is 23.2 Å². The van der Waals surface area contributed by atoms with Gasteiger partial charge in [0.25, 0.3) is 10.0 Å². The quantitative estimate of drug-likeness (QED) is 0.307. The first kappa shape index (κ1) is 29.1. The van der Waals surface area contributed by atoms with E-state index in [1.807, 2.05) is 4.90 Å². The van der Waals surface area contributed by atoms with Crippen LogP contribution in [0.5, 0.6) is 0 Å². The Morgan fingerprint density at radius 2 is 1.56 bits per heavy atom. The van der Waals surface area contributed by atoms with Crippen molar-refractivity contribution in [1.82, 2.24) is 18.8 Å². The lowest BCUT2D eigenvalue weighted by molar-refractivity contribution is -0.135. The zero-order valence-electron chi connectivity index (χ0n) is 21.6. The molecule has 216 valence electrons. The highest BCUT2D eigenvalue weighted by Gasteiger charge is 2.28. The topological polar surface area (TPSA) is 146 Å². The van der Waals surface area contributed by atoms with Gasteiger partial charge in [-0.2, -0.15) is 4.31 Å². The highest BCUT2D eigenvalue weighted by Crippen LogP contribution is 2.31. The summed E-state index contributed by atoms with van der Waals surface area (Å²) < 4.78 is 54.4. The van der Waals surface area contributed by atoms with Crippen molar-refractivity contribution in [1.29, 1.82) is 0 Å². The molecule has 12 nitrogen and oxygen atoms in total. The summed E-state index contributed by atoms with van der Waals surface area (Å²) in [5.41, 5.74) is 0.833. The van der Waals surface area contributed by atoms with E-state index >= 15 is 0 Å². The van der Waals surface area contributed by atoms with Gasteiger partial charge in [-0.05, 0) is 42.5 Å². The molecular weight excluding hydrogens is 615 g/mol. The summed E-state index contributed by atoms with van der Waals surface area (Å²) in [7, 11) is -7.56. The van der Waals surface area contributed by atoms with Crippen LogP contribution in [0.15, 0.2) is 66.0 Å². The molecule has 1 fully saturated rings. The second-order valence-corrected chi connectivity index (χ2v) is 14.0. The summed E-state index contributed by atoms with van der Waals surface area (Å²) in [4.78, 5) is 22.4. The van der Waals surface area contributed by atoms with Gasteiger partial charge < -0.3 is 10.0 Å². The standard InChI is InChI=1S/C25H24Cl2N6O6S2/c1-40(36,37)31-8-6-30(7-9-31)23-14-29-24(15-28-23)32-5-4-17-10-20(2-3-22(17)32)33(16-25(34)35)41(38,39)21-12-18(26)11-19(27)13-21/h2-5,10-15H,6-9,16H2,1H3,(H,34,35). The number of hydrogen-bond donors (Lipinski definition) is 1. The smallest absolute Gasteiger partial charge is 0.324 e. The molecule has 0 amide bonds. The predicted molar refractivity (Wildman–Crippen MR) is 156 cm³/mol. The molecule has 0 saturated carbocycles. The van der Waals surface area contributed by atoms with Gasteiger partial charge in [0.1, 0.15) is 12.4 Å². The third-order valence-corrected chi connectivity index (χ3v) is 10.1. The number of halogens is 2. The number of hydrogen-bond acceptors (Lipinski definition) is 8. The maximum absolute atomic E-state index is 13.5. The summed E-state index contributed by atoms with van der Waals surface area (Å²) in [6, 6.07) is 10.3. The molecule has 1 N–H and O–H groups in total. The van der Waals surface area contributed by atoms with Crippen molar-refractivity contribution in [2.24, 2.45) is 0 Å². The number of aliphatic carboxylic acids is 1. The summed E-state index contributed by atoms with van der Waals surface area (Å²) in [5, 5.41) is 10.3. The Morgan fingerprint density at radius 3 is 2.15 bits per heavy atom. The molecule has 0 bridgehead atoms. The second kappa shape index (κ2) is 11.1. The Bertz CT molecular complexity index is 1820. The number of anilines is 2. The van der Waals surface area contributed by atoms with Gasteiger partial charge in [0, 0.05) is 47.8 Å². The molecule has 0 aliphatic carbocycles. The molecule has 0 radical (unpaired) electrons. The largest absolute Gasteiger partial charge is 0.480 e. The van der Waals surface area contributed by atoms with E-state index < -0.39 is 32.6 Å². The molecule has 4 aromatic rings. The average molecular weight is 640 g/mol. The third kappa shape index (κ3) is 6.11. The van der Waals surface area contributed by atoms with Crippen molar-refractivity contribution in [3.63, 3.8) is 0 Å². The van der Waals surface area contributed by atoms with Crippen LogP contribution in [0.25, 0.3) is 16.7 Å². The number of nitrogens with zero attached hydrogens (tertiary/aromatic N) is 6. The normalized spacial score (nSPS) is 14.9. The number of sulfonamides is 2. The number of rotatable bonds is 8. The monoisotopic (exact) mass is 638 g/mol. The van der Waals surface area contributed by atoms with Crippen LogP contribution in [-0.2, 0) is 24.8 Å². The van der Waals surface area contributed by atoms with Gasteiger partial charge in [0.15, 0.2) is 5.82 Å². The lowest BCUT2D eigenvalue weighted by Gasteiger charge is -2.33. The fourth-order valence-electron chi connectivity index (χ4n) is 4.58. The van der Waals surface area contributed by atoms with Gasteiger partial charge in [-0.1, -0.05) is 23.2 Å². The fourth-order valence-corrected chi connectivity index (χ4v) is 7.54. The number of benzene rings is 2. The van der Waals surface area contributed by atoms with Crippen LogP contribution in [0.3, 0.4) is 0 Å². The Balaban J connectivity index is 1.42. The number of carbonyl (C=O) groups is 1. The van der Waals surface area contributed by atoms with Crippen molar-refractivity contribution in [2.45, 2.75) is 4.90 Å². The van der Waals surface area contributed by atoms with Crippen LogP contribution >= 0.6 is 23.2 Å². The molecule has 41 heavy (non-hydrogen) atoms. The Morgan fingerprint density at radius 1 is 0.927 bits per heavy atom. The zero-order valence-corrected chi connectivity index (χ0v) is 24.7. The van der Waals surface area contributed by atoms with Crippen molar-refractivity contribution in [3.8, 4) is 5.82 Å². The number of piperazine rings is 1. The minimum Gasteiger partial charge on any atom is -0.480 e. The maximum atomic E-state index is 13.5. The Hall–Kier alpha value is -3.43. The van der Waals surface area contributed by atoms with Gasteiger partial charge in [-0.15, -0.1) is 0 Å². The molecular formula is C25H24Cl2N6O6S2. The summed E-state index contributed by atoms with van der Waals surface area (Å²) in [6.45, 7) is 0.905. The lowest BCUT2D eigenvalue weighted by Crippen LogP contribution is -2.48. The molecule has 5 rings (SSSR count). The van der Waals surface area contributed by atoms with Gasteiger partial charge in [0.05, 0.1) is 34.7 Å². The minimum absolute atomic E-state index is 0.0992. The van der Waals surface area contributed by atoms with E-state index in [-0.39, 0.29) is 20.6 Å². The molecule has 2 aromatic carbocycles. The summed E-state index contributed by atoms with van der Waals surface area (Å²) in [5.74, 6) is -0.210. The Labute approximate surface area is 246 Å². The average Bonchev–Trinajstić information content (AvgIpc) is 3.34. The van der Waals surface area contributed by atoms with Crippen molar-refractivity contribution in [3.05, 3.63) is 71.1 Å². The number of carboxylic acids is 1. The van der Waals surface area contributed by atoms with Crippen LogP contribution in [0.2, 0.25) is 10.0 Å². The molecule has 3 heterocycles. The summed E-state index contributed by atoms with van der Waals surface area (Å²) in [6.07, 6.45) is 6.15. The second-order valence-electron chi connectivity index (χ2n) is 9.32. The molecule has 1 saturated heterocycles. The molecule has 1 aliphatic rings. The first-order chi connectivity index (χ1) is 19.3. The molecule has 0 atom stereocenters. The van der Waals surface area contributed by atoms with Crippen LogP contribution in [-0.4, -0.2) is 85.7 Å². The van der Waals surface area contributed by atoms with Crippen molar-refractivity contribution < 1.29 is 26.7 Å². The summed E-state index contributed by atoms with van der Waals surface area (Å²) >= 11 is 12.0. The number of carboxylic acid groups (broad SMARTS) is 1. The van der Waals surface area contributed by atoms with Gasteiger partial charge in [-0.25, -0.2) is 26.8 Å². The van der Waals surface area contributed by atoms with Crippen LogP contribution in [0.4, 0.5) is 11.5 Å². The van der Waals surface area contributed by atoms with Crippen LogP contribution < -0.4 is 9.21 Å². The lowest BCUT2D eigenvalue weighted by atomic mass is 10.2. The zero-order chi connectivity index (χ0) is 29.5. The highest BCUT2D eigenvalue weighted by atomic mass is 35.5. The van der Waals surface area contributed by atoms with Gasteiger partial charge >= 0.3 is 5.97 Å². The van der Waals surface area contributed by atoms with Gasteiger partial charge in [0.2, 0.25) is 10.0 Å². The molecule has 2 aromatic heterocycles. The van der Waals surface area contributed by atoms with E-state index in [9.17, 15) is 26.7 Å². The highest BCUT2D eigenvalue weighted by molar-refractivity contribution is 7.92. The molecule has 16 heteroatoms. The first-order valence-corrected chi connectivity index (χ1v) is 16.2. The predicted octanol–water partition coefficient (Wildman–Crippen LogP) is 3.09. The van der Waals surface area contributed by atoms with Crippen molar-refractivity contribution in [2.75, 3.05) is 48.2 Å². The van der Waals surface area contributed by atoms with E-state index in [0.29, 0.717) is 48.7 Å².